The average Bonchev–Trinajstić information content (AvgIpc) is 2.69. The summed E-state index contributed by atoms with van der Waals surface area (Å²) in [5.41, 5.74) is 0. The van der Waals surface area contributed by atoms with Gasteiger partial charge in [-0.1, -0.05) is 13.3 Å². The molecule has 1 aromatic rings. The molecule has 2 N–H and O–H groups in total. The van der Waals surface area contributed by atoms with E-state index in [0.717, 1.165) is 37.2 Å². The van der Waals surface area contributed by atoms with Gasteiger partial charge in [0.05, 0.1) is 3.79 Å². The second-order valence-corrected chi connectivity index (χ2v) is 9.37. The Morgan fingerprint density at radius 2 is 2.20 bits per heavy atom. The predicted molar refractivity (Wildman–Crippen MR) is 86.5 cm³/mol. The van der Waals surface area contributed by atoms with Crippen LogP contribution in [0.4, 0.5) is 0 Å². The molecule has 1 heterocycles. The Morgan fingerprint density at radius 1 is 1.45 bits per heavy atom. The van der Waals surface area contributed by atoms with Gasteiger partial charge < -0.3 is 5.32 Å². The molecule has 0 spiro atoms. The van der Waals surface area contributed by atoms with Crippen LogP contribution in [0.2, 0.25) is 0 Å². The number of hydrogen-bond acceptors (Lipinski definition) is 4. The molecule has 114 valence electrons. The third-order valence-electron chi connectivity index (χ3n) is 3.51. The fourth-order valence-corrected chi connectivity index (χ4v) is 5.82. The number of thiophene rings is 1. The van der Waals surface area contributed by atoms with Crippen molar-refractivity contribution in [1.82, 2.24) is 10.0 Å². The van der Waals surface area contributed by atoms with Crippen LogP contribution in [0.5, 0.6) is 0 Å². The summed E-state index contributed by atoms with van der Waals surface area (Å²) in [4.78, 5) is 1.41. The minimum Gasteiger partial charge on any atom is -0.312 e. The van der Waals surface area contributed by atoms with E-state index in [1.165, 1.54) is 17.8 Å². The zero-order chi connectivity index (χ0) is 14.6. The van der Waals surface area contributed by atoms with Crippen molar-refractivity contribution in [2.75, 3.05) is 13.1 Å². The number of nitrogens with one attached hydrogen (secondary N) is 2. The van der Waals surface area contributed by atoms with E-state index < -0.39 is 10.0 Å². The molecule has 0 bridgehead atoms. The van der Waals surface area contributed by atoms with Crippen LogP contribution in [0.1, 0.15) is 37.5 Å². The van der Waals surface area contributed by atoms with Crippen LogP contribution in [-0.2, 0) is 16.6 Å². The third kappa shape index (κ3) is 4.27. The van der Waals surface area contributed by atoms with Crippen LogP contribution in [0.3, 0.4) is 0 Å². The largest absolute Gasteiger partial charge is 0.312 e. The number of halogens is 1. The lowest BCUT2D eigenvalue weighted by molar-refractivity contribution is 0.316. The van der Waals surface area contributed by atoms with Crippen molar-refractivity contribution >= 4 is 37.3 Å². The Labute approximate surface area is 133 Å². The minimum absolute atomic E-state index is 0.370. The molecule has 1 aromatic heterocycles. The molecule has 1 aliphatic carbocycles. The van der Waals surface area contributed by atoms with Gasteiger partial charge in [-0.25, -0.2) is 13.1 Å². The Balaban J connectivity index is 1.98. The molecule has 4 nitrogen and oxygen atoms in total. The average molecular weight is 381 g/mol. The van der Waals surface area contributed by atoms with E-state index in [0.29, 0.717) is 21.1 Å². The summed E-state index contributed by atoms with van der Waals surface area (Å²) in [5.74, 6) is 0.521. The fourth-order valence-electron chi connectivity index (χ4n) is 2.06. The van der Waals surface area contributed by atoms with Gasteiger partial charge in [-0.05, 0) is 53.7 Å². The number of hydrogen-bond donors (Lipinski definition) is 2. The lowest BCUT2D eigenvalue weighted by atomic mass is 9.86. The van der Waals surface area contributed by atoms with Gasteiger partial charge in [-0.2, -0.15) is 0 Å². The van der Waals surface area contributed by atoms with Crippen molar-refractivity contribution in [3.63, 3.8) is 0 Å². The zero-order valence-corrected chi connectivity index (χ0v) is 14.8. The molecular weight excluding hydrogens is 360 g/mol. The van der Waals surface area contributed by atoms with Gasteiger partial charge >= 0.3 is 0 Å². The van der Waals surface area contributed by atoms with Gasteiger partial charge in [0.25, 0.3) is 0 Å². The maximum Gasteiger partial charge on any atom is 0.242 e. The van der Waals surface area contributed by atoms with Gasteiger partial charge in [0.2, 0.25) is 10.0 Å². The topological polar surface area (TPSA) is 58.2 Å². The third-order valence-corrected chi connectivity index (χ3v) is 7.18. The number of rotatable bonds is 8. The van der Waals surface area contributed by atoms with Crippen LogP contribution in [0, 0.1) is 5.92 Å². The number of sulfonamides is 1. The molecule has 1 fully saturated rings. The highest BCUT2D eigenvalue weighted by atomic mass is 79.9. The summed E-state index contributed by atoms with van der Waals surface area (Å²) in [6, 6.07) is 1.76. The van der Waals surface area contributed by atoms with Crippen molar-refractivity contribution in [3.8, 4) is 0 Å². The normalized spacial score (nSPS) is 16.3. The van der Waals surface area contributed by atoms with Crippen molar-refractivity contribution < 1.29 is 8.42 Å². The van der Waals surface area contributed by atoms with E-state index in [-0.39, 0.29) is 0 Å². The van der Waals surface area contributed by atoms with Crippen LogP contribution in [0.15, 0.2) is 14.7 Å². The Bertz CT molecular complexity index is 539. The van der Waals surface area contributed by atoms with E-state index in [9.17, 15) is 8.42 Å². The van der Waals surface area contributed by atoms with Crippen LogP contribution < -0.4 is 10.0 Å². The molecule has 1 saturated carbocycles. The van der Waals surface area contributed by atoms with Crippen molar-refractivity contribution in [3.05, 3.63) is 14.7 Å². The molecule has 20 heavy (non-hydrogen) atoms. The van der Waals surface area contributed by atoms with E-state index in [2.05, 4.69) is 32.9 Å². The van der Waals surface area contributed by atoms with Crippen molar-refractivity contribution in [2.24, 2.45) is 5.92 Å². The highest BCUT2D eigenvalue weighted by Crippen LogP contribution is 2.32. The Hall–Kier alpha value is 0.0500. The van der Waals surface area contributed by atoms with Crippen molar-refractivity contribution in [2.45, 2.75) is 44.0 Å². The van der Waals surface area contributed by atoms with Crippen LogP contribution >= 0.6 is 27.3 Å². The molecule has 7 heteroatoms. The van der Waals surface area contributed by atoms with Gasteiger partial charge in [0.15, 0.2) is 0 Å². The molecule has 0 aliphatic heterocycles. The maximum absolute atomic E-state index is 12.3. The van der Waals surface area contributed by atoms with Gasteiger partial charge in [0, 0.05) is 18.0 Å². The van der Waals surface area contributed by atoms with Crippen LogP contribution in [-0.4, -0.2) is 21.5 Å². The highest BCUT2D eigenvalue weighted by molar-refractivity contribution is 9.11. The maximum atomic E-state index is 12.3. The summed E-state index contributed by atoms with van der Waals surface area (Å²) < 4.78 is 28.0. The van der Waals surface area contributed by atoms with E-state index in [4.69, 9.17) is 0 Å². The minimum atomic E-state index is -3.39. The molecule has 0 aromatic carbocycles. The molecule has 0 atom stereocenters. The Kier molecular flexibility index (Phi) is 6.04. The molecular formula is C13H21BrN2O2S2. The molecule has 1 aliphatic rings. The first-order valence-corrected chi connectivity index (χ1v) is 10.1. The summed E-state index contributed by atoms with van der Waals surface area (Å²) >= 11 is 4.85. The smallest absolute Gasteiger partial charge is 0.242 e. The first-order valence-electron chi connectivity index (χ1n) is 7.01. The second kappa shape index (κ2) is 7.35. The van der Waals surface area contributed by atoms with Gasteiger partial charge in [-0.3, -0.25) is 0 Å². The second-order valence-electron chi connectivity index (χ2n) is 5.18. The first-order chi connectivity index (χ1) is 9.53. The molecule has 0 amide bonds. The van der Waals surface area contributed by atoms with Gasteiger partial charge in [0.1, 0.15) is 4.90 Å². The lowest BCUT2D eigenvalue weighted by Crippen LogP contribution is -2.32. The van der Waals surface area contributed by atoms with Gasteiger partial charge in [-0.15, -0.1) is 11.3 Å². The monoisotopic (exact) mass is 380 g/mol. The van der Waals surface area contributed by atoms with E-state index in [1.54, 1.807) is 6.07 Å². The zero-order valence-electron chi connectivity index (χ0n) is 11.6. The molecule has 0 saturated heterocycles. The quantitative estimate of drug-likeness (QED) is 0.681. The van der Waals surface area contributed by atoms with E-state index >= 15 is 0 Å². The first kappa shape index (κ1) is 16.4. The highest BCUT2D eigenvalue weighted by Gasteiger charge is 2.24. The SMILES string of the molecule is CCCNCc1cc(S(=O)(=O)NCC2CCC2)c(Br)s1. The fraction of sp³-hybridized carbons (Fsp3) is 0.692. The predicted octanol–water partition coefficient (Wildman–Crippen LogP) is 3.09. The lowest BCUT2D eigenvalue weighted by Gasteiger charge is -2.25. The standard InChI is InChI=1S/C13H21BrN2O2S2/c1-2-6-15-9-11-7-12(13(14)19-11)20(17,18)16-8-10-4-3-5-10/h7,10,15-16H,2-6,8-9H2,1H3. The summed E-state index contributed by atoms with van der Waals surface area (Å²) in [7, 11) is -3.39. The van der Waals surface area contributed by atoms with E-state index in [1.807, 2.05) is 0 Å². The summed E-state index contributed by atoms with van der Waals surface area (Å²) in [6.45, 7) is 4.33. The summed E-state index contributed by atoms with van der Waals surface area (Å²) in [6.07, 6.45) is 4.57. The van der Waals surface area contributed by atoms with Crippen LogP contribution in [0.25, 0.3) is 0 Å². The Morgan fingerprint density at radius 3 is 2.80 bits per heavy atom. The molecule has 0 unspecified atom stereocenters. The summed E-state index contributed by atoms with van der Waals surface area (Å²) in [5, 5.41) is 3.29. The molecule has 0 radical (unpaired) electrons. The van der Waals surface area contributed by atoms with Crippen molar-refractivity contribution in [1.29, 1.82) is 0 Å². The molecule has 2 rings (SSSR count).